The Bertz CT molecular complexity index is 445. The second-order valence-corrected chi connectivity index (χ2v) is 6.81. The zero-order valence-electron chi connectivity index (χ0n) is 11.6. The van der Waals surface area contributed by atoms with Crippen LogP contribution >= 0.6 is 11.6 Å². The molecule has 2 aliphatic rings. The Morgan fingerprint density at radius 3 is 2.58 bits per heavy atom. The van der Waals surface area contributed by atoms with Gasteiger partial charge in [0.25, 0.3) is 0 Å². The first kappa shape index (κ1) is 13.4. The Morgan fingerprint density at radius 1 is 1.32 bits per heavy atom. The van der Waals surface area contributed by atoms with Gasteiger partial charge in [-0.2, -0.15) is 0 Å². The minimum Gasteiger partial charge on any atom is -0.329 e. The van der Waals surface area contributed by atoms with Gasteiger partial charge in [0.05, 0.1) is 0 Å². The van der Waals surface area contributed by atoms with Crippen molar-refractivity contribution in [2.75, 3.05) is 13.6 Å². The highest BCUT2D eigenvalue weighted by molar-refractivity contribution is 6.30. The molecule has 19 heavy (non-hydrogen) atoms. The Kier molecular flexibility index (Phi) is 3.59. The third-order valence-electron chi connectivity index (χ3n) is 5.39. The summed E-state index contributed by atoms with van der Waals surface area (Å²) in [7, 11) is 2.24. The quantitative estimate of drug-likeness (QED) is 0.916. The Hall–Kier alpha value is -0.570. The molecule has 2 saturated carbocycles. The number of halogens is 1. The number of hydrogen-bond acceptors (Lipinski definition) is 2. The van der Waals surface area contributed by atoms with Crippen molar-refractivity contribution in [3.63, 3.8) is 0 Å². The fourth-order valence-electron chi connectivity index (χ4n) is 4.31. The fraction of sp³-hybridized carbons (Fsp3) is 0.625. The molecule has 2 aliphatic carbocycles. The molecule has 0 aromatic heterocycles. The second kappa shape index (κ2) is 5.08. The Balaban J connectivity index is 1.75. The molecule has 0 spiro atoms. The molecule has 2 nitrogen and oxygen atoms in total. The number of benzene rings is 1. The molecule has 0 amide bonds. The number of likely N-dealkylation sites (N-methyl/N-ethyl adjacent to an activating group) is 1. The van der Waals surface area contributed by atoms with Crippen LogP contribution < -0.4 is 5.73 Å². The van der Waals surface area contributed by atoms with Gasteiger partial charge in [0.2, 0.25) is 0 Å². The summed E-state index contributed by atoms with van der Waals surface area (Å²) in [6.07, 6.45) is 5.47. The van der Waals surface area contributed by atoms with Gasteiger partial charge in [0.1, 0.15) is 0 Å². The summed E-state index contributed by atoms with van der Waals surface area (Å²) in [6, 6.07) is 8.19. The van der Waals surface area contributed by atoms with E-state index in [9.17, 15) is 0 Å². The summed E-state index contributed by atoms with van der Waals surface area (Å²) < 4.78 is 0. The minimum atomic E-state index is 0.239. The average molecular weight is 279 g/mol. The average Bonchev–Trinajstić information content (AvgIpc) is 3.02. The second-order valence-electron chi connectivity index (χ2n) is 6.37. The highest BCUT2D eigenvalue weighted by Crippen LogP contribution is 2.52. The van der Waals surface area contributed by atoms with Crippen LogP contribution in [0.15, 0.2) is 24.3 Å². The third kappa shape index (κ3) is 2.31. The molecule has 0 heterocycles. The van der Waals surface area contributed by atoms with Crippen molar-refractivity contribution in [1.29, 1.82) is 0 Å². The van der Waals surface area contributed by atoms with E-state index in [1.165, 1.54) is 31.2 Å². The van der Waals surface area contributed by atoms with Crippen molar-refractivity contribution in [3.05, 3.63) is 34.9 Å². The van der Waals surface area contributed by atoms with E-state index in [1.807, 2.05) is 12.1 Å². The van der Waals surface area contributed by atoms with Gasteiger partial charge < -0.3 is 5.73 Å². The fourth-order valence-corrected chi connectivity index (χ4v) is 4.44. The maximum Gasteiger partial charge on any atom is 0.0406 e. The summed E-state index contributed by atoms with van der Waals surface area (Å²) in [5.41, 5.74) is 7.73. The normalized spacial score (nSPS) is 33.3. The van der Waals surface area contributed by atoms with Crippen LogP contribution in [0, 0.1) is 11.8 Å². The van der Waals surface area contributed by atoms with E-state index in [2.05, 4.69) is 24.1 Å². The molecule has 3 atom stereocenters. The van der Waals surface area contributed by atoms with Gasteiger partial charge in [0, 0.05) is 23.7 Å². The van der Waals surface area contributed by atoms with E-state index in [-0.39, 0.29) is 5.54 Å². The van der Waals surface area contributed by atoms with Crippen LogP contribution in [0.1, 0.15) is 31.2 Å². The lowest BCUT2D eigenvalue weighted by molar-refractivity contribution is 0.0591. The highest BCUT2D eigenvalue weighted by atomic mass is 35.5. The summed E-state index contributed by atoms with van der Waals surface area (Å²) in [5, 5.41) is 0.805. The largest absolute Gasteiger partial charge is 0.329 e. The van der Waals surface area contributed by atoms with Crippen molar-refractivity contribution >= 4 is 11.6 Å². The summed E-state index contributed by atoms with van der Waals surface area (Å²) in [5.74, 6) is 1.72. The maximum atomic E-state index is 6.17. The molecular weight excluding hydrogens is 256 g/mol. The molecule has 3 unspecified atom stereocenters. The summed E-state index contributed by atoms with van der Waals surface area (Å²) in [4.78, 5) is 2.50. The standard InChI is InChI=1S/C16H23ClN2/c1-19(10-12-3-6-15(17)7-4-12)16(11-18)9-13-2-5-14(16)8-13/h3-4,6-7,13-14H,2,5,8-11,18H2,1H3. The molecule has 0 saturated heterocycles. The third-order valence-corrected chi connectivity index (χ3v) is 5.64. The van der Waals surface area contributed by atoms with Crippen LogP contribution in [0.5, 0.6) is 0 Å². The first-order valence-electron chi connectivity index (χ1n) is 7.30. The molecule has 1 aromatic rings. The first-order valence-corrected chi connectivity index (χ1v) is 7.67. The summed E-state index contributed by atoms with van der Waals surface area (Å²) >= 11 is 5.95. The maximum absolute atomic E-state index is 6.17. The number of nitrogens with two attached hydrogens (primary N) is 1. The lowest BCUT2D eigenvalue weighted by Crippen LogP contribution is -2.55. The number of hydrogen-bond donors (Lipinski definition) is 1. The van der Waals surface area contributed by atoms with E-state index < -0.39 is 0 Å². The molecule has 0 radical (unpaired) electrons. The van der Waals surface area contributed by atoms with Gasteiger partial charge in [-0.25, -0.2) is 0 Å². The van der Waals surface area contributed by atoms with Gasteiger partial charge in [-0.15, -0.1) is 0 Å². The minimum absolute atomic E-state index is 0.239. The van der Waals surface area contributed by atoms with Crippen LogP contribution in [0.25, 0.3) is 0 Å². The van der Waals surface area contributed by atoms with E-state index in [4.69, 9.17) is 17.3 Å². The van der Waals surface area contributed by atoms with Crippen LogP contribution in [-0.2, 0) is 6.54 Å². The van der Waals surface area contributed by atoms with Gasteiger partial charge in [-0.1, -0.05) is 30.2 Å². The monoisotopic (exact) mass is 278 g/mol. The lowest BCUT2D eigenvalue weighted by Gasteiger charge is -2.44. The van der Waals surface area contributed by atoms with Crippen molar-refractivity contribution < 1.29 is 0 Å². The molecule has 2 bridgehead atoms. The van der Waals surface area contributed by atoms with Crippen molar-refractivity contribution in [2.45, 2.75) is 37.8 Å². The van der Waals surface area contributed by atoms with Crippen molar-refractivity contribution in [1.82, 2.24) is 4.90 Å². The first-order chi connectivity index (χ1) is 9.14. The van der Waals surface area contributed by atoms with E-state index in [0.29, 0.717) is 0 Å². The zero-order valence-corrected chi connectivity index (χ0v) is 12.4. The SMILES string of the molecule is CN(Cc1ccc(Cl)cc1)C1(CN)CC2CCC1C2. The molecule has 1 aromatic carbocycles. The predicted molar refractivity (Wildman–Crippen MR) is 80.2 cm³/mol. The molecule has 3 rings (SSSR count). The van der Waals surface area contributed by atoms with Gasteiger partial charge in [-0.05, 0) is 55.8 Å². The van der Waals surface area contributed by atoms with Gasteiger partial charge in [-0.3, -0.25) is 4.90 Å². The van der Waals surface area contributed by atoms with Crippen LogP contribution in [-0.4, -0.2) is 24.0 Å². The Morgan fingerprint density at radius 2 is 2.05 bits per heavy atom. The number of rotatable bonds is 4. The van der Waals surface area contributed by atoms with Crippen LogP contribution in [0.2, 0.25) is 5.02 Å². The number of fused-ring (bicyclic) bond motifs is 2. The highest BCUT2D eigenvalue weighted by Gasteiger charge is 2.52. The Labute approximate surface area is 120 Å². The predicted octanol–water partition coefficient (Wildman–Crippen LogP) is 3.29. The van der Waals surface area contributed by atoms with E-state index in [0.717, 1.165) is 29.9 Å². The summed E-state index contributed by atoms with van der Waals surface area (Å²) in [6.45, 7) is 1.76. The van der Waals surface area contributed by atoms with Gasteiger partial charge in [0.15, 0.2) is 0 Å². The molecular formula is C16H23ClN2. The van der Waals surface area contributed by atoms with Crippen LogP contribution in [0.4, 0.5) is 0 Å². The topological polar surface area (TPSA) is 29.3 Å². The lowest BCUT2D eigenvalue weighted by atomic mass is 9.79. The van der Waals surface area contributed by atoms with E-state index >= 15 is 0 Å². The van der Waals surface area contributed by atoms with Crippen molar-refractivity contribution in [2.24, 2.45) is 17.6 Å². The van der Waals surface area contributed by atoms with Crippen LogP contribution in [0.3, 0.4) is 0 Å². The van der Waals surface area contributed by atoms with Gasteiger partial charge >= 0.3 is 0 Å². The molecule has 104 valence electrons. The van der Waals surface area contributed by atoms with E-state index in [1.54, 1.807) is 0 Å². The van der Waals surface area contributed by atoms with Crippen molar-refractivity contribution in [3.8, 4) is 0 Å². The molecule has 2 N–H and O–H groups in total. The molecule has 3 heteroatoms. The molecule has 0 aliphatic heterocycles. The molecule has 2 fully saturated rings. The zero-order chi connectivity index (χ0) is 13.5. The number of nitrogens with zero attached hydrogens (tertiary/aromatic N) is 1. The smallest absolute Gasteiger partial charge is 0.0406 e.